The van der Waals surface area contributed by atoms with Gasteiger partial charge in [0.05, 0.1) is 30.2 Å². The normalized spacial score (nSPS) is 14.6. The number of nitrogens with one attached hydrogen (secondary N) is 2. The first-order chi connectivity index (χ1) is 17.1. The van der Waals surface area contributed by atoms with E-state index in [1.165, 1.54) is 0 Å². The maximum Gasteiger partial charge on any atom is 0.218 e. The molecule has 1 saturated heterocycles. The average Bonchev–Trinajstić information content (AvgIpc) is 3.35. The summed E-state index contributed by atoms with van der Waals surface area (Å²) in [7, 11) is 3.74. The van der Waals surface area contributed by atoms with Crippen molar-refractivity contribution >= 4 is 40.2 Å². The number of benzene rings is 2. The quantitative estimate of drug-likeness (QED) is 0.365. The smallest absolute Gasteiger partial charge is 0.218 e. The van der Waals surface area contributed by atoms with Gasteiger partial charge in [-0.25, -0.2) is 4.98 Å². The highest BCUT2D eigenvalue weighted by Crippen LogP contribution is 2.38. The summed E-state index contributed by atoms with van der Waals surface area (Å²) in [5.41, 5.74) is 3.01. The molecule has 1 aliphatic rings. The second kappa shape index (κ2) is 10.0. The van der Waals surface area contributed by atoms with Gasteiger partial charge in [0.15, 0.2) is 17.3 Å². The number of pyridine rings is 1. The monoisotopic (exact) mass is 472 g/mol. The summed E-state index contributed by atoms with van der Waals surface area (Å²) in [5, 5.41) is 11.4. The van der Waals surface area contributed by atoms with E-state index in [0.29, 0.717) is 28.7 Å². The molecule has 1 amide bonds. The number of nitrogens with zero attached hydrogens (tertiary/aromatic N) is 4. The van der Waals surface area contributed by atoms with Gasteiger partial charge in [0, 0.05) is 36.4 Å². The number of ether oxygens (including phenoxy) is 2. The van der Waals surface area contributed by atoms with Gasteiger partial charge in [-0.2, -0.15) is 5.10 Å². The molecule has 2 aromatic heterocycles. The number of H-pyrrole nitrogens is 1. The van der Waals surface area contributed by atoms with Gasteiger partial charge in [0.2, 0.25) is 6.41 Å². The third kappa shape index (κ3) is 4.90. The standard InChI is InChI=1S/C26H28N6O3/c1-31-12-9-21(10-13-31)35-25-15-20(7-8-24(25)34-2)32(17-33)23-4-3-11-27-26(23)29-19-6-5-18-16-28-30-22(18)14-19/h3-8,11,14-17,21H,9-10,12-13H2,1-2H3,(H,27,29)(H,28,30). The fourth-order valence-electron chi connectivity index (χ4n) is 4.29. The van der Waals surface area contributed by atoms with Gasteiger partial charge in [-0.15, -0.1) is 0 Å². The van der Waals surface area contributed by atoms with Crippen LogP contribution in [0, 0.1) is 0 Å². The molecule has 2 aromatic carbocycles. The number of carbonyl (C=O) groups is 1. The summed E-state index contributed by atoms with van der Waals surface area (Å²) in [6, 6.07) is 15.0. The number of fused-ring (bicyclic) bond motifs is 1. The zero-order chi connectivity index (χ0) is 24.2. The first-order valence-electron chi connectivity index (χ1n) is 11.6. The van der Waals surface area contributed by atoms with Gasteiger partial charge in [0.1, 0.15) is 6.10 Å². The summed E-state index contributed by atoms with van der Waals surface area (Å²) < 4.78 is 11.9. The molecule has 2 N–H and O–H groups in total. The largest absolute Gasteiger partial charge is 0.493 e. The molecule has 0 aliphatic carbocycles. The zero-order valence-electron chi connectivity index (χ0n) is 19.8. The Morgan fingerprint density at radius 1 is 1.14 bits per heavy atom. The number of likely N-dealkylation sites (tertiary alicyclic amines) is 1. The van der Waals surface area contributed by atoms with E-state index in [-0.39, 0.29) is 6.10 Å². The van der Waals surface area contributed by atoms with Crippen molar-refractivity contribution in [2.45, 2.75) is 18.9 Å². The molecule has 1 aliphatic heterocycles. The third-order valence-corrected chi connectivity index (χ3v) is 6.24. The lowest BCUT2D eigenvalue weighted by molar-refractivity contribution is -0.106. The van der Waals surface area contributed by atoms with Crippen molar-refractivity contribution in [1.29, 1.82) is 0 Å². The Hall–Kier alpha value is -4.11. The van der Waals surface area contributed by atoms with E-state index >= 15 is 0 Å². The predicted molar refractivity (Wildman–Crippen MR) is 136 cm³/mol. The lowest BCUT2D eigenvalue weighted by Crippen LogP contribution is -2.35. The van der Waals surface area contributed by atoms with Gasteiger partial charge in [-0.1, -0.05) is 0 Å². The molecule has 0 saturated carbocycles. The maximum atomic E-state index is 12.3. The van der Waals surface area contributed by atoms with Crippen LogP contribution < -0.4 is 19.7 Å². The summed E-state index contributed by atoms with van der Waals surface area (Å²) in [6.07, 6.45) is 6.23. The average molecular weight is 473 g/mol. The highest BCUT2D eigenvalue weighted by atomic mass is 16.5. The van der Waals surface area contributed by atoms with E-state index in [1.807, 2.05) is 42.5 Å². The fourth-order valence-corrected chi connectivity index (χ4v) is 4.29. The highest BCUT2D eigenvalue weighted by Gasteiger charge is 2.21. The molecule has 0 atom stereocenters. The summed E-state index contributed by atoms with van der Waals surface area (Å²) >= 11 is 0. The molecule has 9 heteroatoms. The first kappa shape index (κ1) is 22.7. The molecule has 3 heterocycles. The molecular formula is C26H28N6O3. The Morgan fingerprint density at radius 3 is 2.80 bits per heavy atom. The van der Waals surface area contributed by atoms with Gasteiger partial charge >= 0.3 is 0 Å². The minimum absolute atomic E-state index is 0.105. The number of piperidine rings is 1. The van der Waals surface area contributed by atoms with Crippen molar-refractivity contribution in [3.8, 4) is 11.5 Å². The van der Waals surface area contributed by atoms with E-state index in [9.17, 15) is 4.79 Å². The first-order valence-corrected chi connectivity index (χ1v) is 11.6. The molecule has 1 fully saturated rings. The van der Waals surface area contributed by atoms with Gasteiger partial charge < -0.3 is 19.7 Å². The van der Waals surface area contributed by atoms with Crippen molar-refractivity contribution in [2.75, 3.05) is 37.5 Å². The molecule has 180 valence electrons. The molecule has 0 bridgehead atoms. The van der Waals surface area contributed by atoms with Crippen molar-refractivity contribution in [1.82, 2.24) is 20.1 Å². The minimum atomic E-state index is 0.105. The van der Waals surface area contributed by atoms with E-state index in [4.69, 9.17) is 9.47 Å². The van der Waals surface area contributed by atoms with Crippen LogP contribution in [-0.2, 0) is 4.79 Å². The molecule has 9 nitrogen and oxygen atoms in total. The van der Waals surface area contributed by atoms with Crippen molar-refractivity contribution < 1.29 is 14.3 Å². The number of aromatic nitrogens is 3. The van der Waals surface area contributed by atoms with Crippen LogP contribution in [0.5, 0.6) is 11.5 Å². The van der Waals surface area contributed by atoms with Crippen LogP contribution in [0.4, 0.5) is 22.9 Å². The van der Waals surface area contributed by atoms with E-state index < -0.39 is 0 Å². The predicted octanol–water partition coefficient (Wildman–Crippen LogP) is 4.48. The van der Waals surface area contributed by atoms with E-state index in [0.717, 1.165) is 48.9 Å². The van der Waals surface area contributed by atoms with E-state index in [1.54, 1.807) is 30.5 Å². The second-order valence-corrected chi connectivity index (χ2v) is 8.60. The van der Waals surface area contributed by atoms with Crippen LogP contribution in [0.1, 0.15) is 12.8 Å². The van der Waals surface area contributed by atoms with Crippen LogP contribution in [0.3, 0.4) is 0 Å². The summed E-state index contributed by atoms with van der Waals surface area (Å²) in [5.74, 6) is 1.80. The SMILES string of the molecule is COc1ccc(N(C=O)c2cccnc2Nc2ccc3cn[nH]c3c2)cc1OC1CCN(C)CC1. The lowest BCUT2D eigenvalue weighted by atomic mass is 10.1. The van der Waals surface area contributed by atoms with Crippen LogP contribution in [-0.4, -0.2) is 59.8 Å². The van der Waals surface area contributed by atoms with Crippen LogP contribution in [0.15, 0.2) is 60.9 Å². The maximum absolute atomic E-state index is 12.3. The van der Waals surface area contributed by atoms with E-state index in [2.05, 4.69) is 32.4 Å². The van der Waals surface area contributed by atoms with Crippen molar-refractivity contribution in [3.63, 3.8) is 0 Å². The molecule has 0 unspecified atom stereocenters. The van der Waals surface area contributed by atoms with Gasteiger partial charge in [-0.05, 0) is 62.4 Å². The van der Waals surface area contributed by atoms with Crippen molar-refractivity contribution in [2.24, 2.45) is 0 Å². The fraction of sp³-hybridized carbons (Fsp3) is 0.269. The number of amides is 1. The highest BCUT2D eigenvalue weighted by molar-refractivity contribution is 5.93. The van der Waals surface area contributed by atoms with Gasteiger partial charge in [-0.3, -0.25) is 14.8 Å². The van der Waals surface area contributed by atoms with Crippen LogP contribution in [0.25, 0.3) is 10.9 Å². The minimum Gasteiger partial charge on any atom is -0.493 e. The van der Waals surface area contributed by atoms with Gasteiger partial charge in [0.25, 0.3) is 0 Å². The Kier molecular flexibility index (Phi) is 6.49. The zero-order valence-corrected chi connectivity index (χ0v) is 19.8. The Labute approximate surface area is 203 Å². The summed E-state index contributed by atoms with van der Waals surface area (Å²) in [4.78, 5) is 20.7. The number of carbonyl (C=O) groups excluding carboxylic acids is 1. The molecule has 5 rings (SSSR count). The number of aromatic amines is 1. The number of methoxy groups -OCH3 is 1. The lowest BCUT2D eigenvalue weighted by Gasteiger charge is -2.30. The molecule has 35 heavy (non-hydrogen) atoms. The third-order valence-electron chi connectivity index (χ3n) is 6.24. The van der Waals surface area contributed by atoms with Crippen LogP contribution >= 0.6 is 0 Å². The topological polar surface area (TPSA) is 95.6 Å². The van der Waals surface area contributed by atoms with Crippen molar-refractivity contribution in [3.05, 3.63) is 60.9 Å². The Morgan fingerprint density at radius 2 is 2.00 bits per heavy atom. The summed E-state index contributed by atoms with van der Waals surface area (Å²) in [6.45, 7) is 1.98. The molecule has 4 aromatic rings. The number of hydrogen-bond donors (Lipinski definition) is 2. The number of hydrogen-bond acceptors (Lipinski definition) is 7. The van der Waals surface area contributed by atoms with Crippen LogP contribution in [0.2, 0.25) is 0 Å². The number of anilines is 4. The molecule has 0 radical (unpaired) electrons. The Balaban J connectivity index is 1.44. The second-order valence-electron chi connectivity index (χ2n) is 8.60. The number of rotatable bonds is 8. The molecular weight excluding hydrogens is 444 g/mol. The Bertz CT molecular complexity index is 1320. The molecule has 0 spiro atoms.